The van der Waals surface area contributed by atoms with Gasteiger partial charge in [0.05, 0.1) is 12.2 Å². The first-order valence-corrected chi connectivity index (χ1v) is 9.78. The van der Waals surface area contributed by atoms with Crippen molar-refractivity contribution < 1.29 is 14.6 Å². The number of ether oxygens (including phenoxy) is 1. The van der Waals surface area contributed by atoms with Crippen molar-refractivity contribution in [1.82, 2.24) is 9.55 Å². The molecule has 0 radical (unpaired) electrons. The minimum Gasteiger partial charge on any atom is -0.483 e. The fourth-order valence-electron chi connectivity index (χ4n) is 4.83. The number of imidazole rings is 1. The van der Waals surface area contributed by atoms with E-state index in [9.17, 15) is 0 Å². The summed E-state index contributed by atoms with van der Waals surface area (Å²) >= 11 is 0. The van der Waals surface area contributed by atoms with Gasteiger partial charge in [0.15, 0.2) is 0 Å². The molecule has 1 N–H and O–H groups in total. The predicted molar refractivity (Wildman–Crippen MR) is 104 cm³/mol. The smallest absolute Gasteiger partial charge is 0.290 e. The van der Waals surface area contributed by atoms with Crippen LogP contribution in [-0.2, 0) is 22.5 Å². The molecule has 6 heteroatoms. The second-order valence-corrected chi connectivity index (χ2v) is 7.75. The third kappa shape index (κ3) is 3.58. The van der Waals surface area contributed by atoms with Crippen LogP contribution in [0, 0.1) is 5.92 Å². The first kappa shape index (κ1) is 18.0. The predicted octanol–water partition coefficient (Wildman–Crippen LogP) is 3.20. The highest BCUT2D eigenvalue weighted by atomic mass is 16.5. The van der Waals surface area contributed by atoms with Crippen molar-refractivity contribution in [2.24, 2.45) is 5.92 Å². The Morgan fingerprint density at radius 3 is 2.96 bits per heavy atom. The molecule has 1 aromatic heterocycles. The van der Waals surface area contributed by atoms with Gasteiger partial charge in [0, 0.05) is 49.7 Å². The molecular formula is C21H27N3O3. The maximum absolute atomic E-state index is 8.36. The lowest BCUT2D eigenvalue weighted by atomic mass is 9.89. The molecule has 0 aliphatic carbocycles. The number of fused-ring (bicyclic) bond motifs is 3. The average Bonchev–Trinajstić information content (AvgIpc) is 3.39. The molecule has 2 bridgehead atoms. The molecule has 1 aromatic carbocycles. The van der Waals surface area contributed by atoms with E-state index in [0.29, 0.717) is 18.1 Å². The van der Waals surface area contributed by atoms with E-state index in [2.05, 4.69) is 45.9 Å². The van der Waals surface area contributed by atoms with E-state index in [1.54, 1.807) is 0 Å². The summed E-state index contributed by atoms with van der Waals surface area (Å²) in [5.74, 6) is 1.76. The van der Waals surface area contributed by atoms with Crippen LogP contribution in [0.15, 0.2) is 30.6 Å². The number of anilines is 1. The van der Waals surface area contributed by atoms with Crippen LogP contribution in [0.2, 0.25) is 0 Å². The molecule has 2 fully saturated rings. The molecule has 6 nitrogen and oxygen atoms in total. The summed E-state index contributed by atoms with van der Waals surface area (Å²) in [6.45, 7) is 1.94. The van der Waals surface area contributed by atoms with Crippen molar-refractivity contribution >= 4 is 12.2 Å². The molecule has 3 aliphatic rings. The first-order valence-electron chi connectivity index (χ1n) is 9.78. The van der Waals surface area contributed by atoms with Crippen LogP contribution in [0.5, 0.6) is 0 Å². The standard InChI is InChI=1S/C20H25N3O.CH2O2/c1-22-9-2-3-14-11-15(4-6-18(14)22)20-21-8-10-23(20)13-16-12-17-5-7-19(16)24-17;2-1-3/h4,6,8,10-11,16-17,19H,2-3,5,7,9,12-13H2,1H3;1H,(H,2,3)/t16-,17-,19+;/m0./s1. The Labute approximate surface area is 159 Å². The lowest BCUT2D eigenvalue weighted by Gasteiger charge is -2.28. The molecule has 144 valence electrons. The van der Waals surface area contributed by atoms with Gasteiger partial charge in [0.2, 0.25) is 0 Å². The number of hydrogen-bond donors (Lipinski definition) is 1. The van der Waals surface area contributed by atoms with Gasteiger partial charge in [-0.05, 0) is 55.9 Å². The van der Waals surface area contributed by atoms with E-state index in [1.165, 1.54) is 48.9 Å². The minimum absolute atomic E-state index is 0.250. The molecule has 0 saturated carbocycles. The summed E-state index contributed by atoms with van der Waals surface area (Å²) in [6.07, 6.45) is 11.2. The van der Waals surface area contributed by atoms with Crippen molar-refractivity contribution in [2.75, 3.05) is 18.5 Å². The molecule has 0 spiro atoms. The van der Waals surface area contributed by atoms with Gasteiger partial charge in [0.25, 0.3) is 6.47 Å². The summed E-state index contributed by atoms with van der Waals surface area (Å²) < 4.78 is 8.36. The summed E-state index contributed by atoms with van der Waals surface area (Å²) in [7, 11) is 2.19. The Hall–Kier alpha value is -2.34. The van der Waals surface area contributed by atoms with Crippen LogP contribution < -0.4 is 4.90 Å². The monoisotopic (exact) mass is 369 g/mol. The van der Waals surface area contributed by atoms with Gasteiger partial charge in [-0.15, -0.1) is 0 Å². The second-order valence-electron chi connectivity index (χ2n) is 7.75. The van der Waals surface area contributed by atoms with Crippen molar-refractivity contribution in [3.05, 3.63) is 36.2 Å². The van der Waals surface area contributed by atoms with Gasteiger partial charge < -0.3 is 19.3 Å². The van der Waals surface area contributed by atoms with Crippen LogP contribution in [0.1, 0.15) is 31.2 Å². The van der Waals surface area contributed by atoms with E-state index in [1.807, 2.05) is 6.20 Å². The van der Waals surface area contributed by atoms with E-state index >= 15 is 0 Å². The Kier molecular flexibility index (Phi) is 5.16. The topological polar surface area (TPSA) is 67.6 Å². The van der Waals surface area contributed by atoms with Crippen LogP contribution in [-0.4, -0.2) is 46.9 Å². The van der Waals surface area contributed by atoms with Gasteiger partial charge in [-0.2, -0.15) is 0 Å². The second kappa shape index (κ2) is 7.72. The van der Waals surface area contributed by atoms with Crippen LogP contribution in [0.4, 0.5) is 5.69 Å². The molecule has 3 atom stereocenters. The van der Waals surface area contributed by atoms with Crippen LogP contribution in [0.3, 0.4) is 0 Å². The zero-order valence-electron chi connectivity index (χ0n) is 15.8. The number of hydrogen-bond acceptors (Lipinski definition) is 4. The molecule has 27 heavy (non-hydrogen) atoms. The minimum atomic E-state index is -0.250. The Bertz CT molecular complexity index is 804. The average molecular weight is 369 g/mol. The Morgan fingerprint density at radius 1 is 1.37 bits per heavy atom. The molecule has 0 unspecified atom stereocenters. The van der Waals surface area contributed by atoms with Crippen molar-refractivity contribution in [1.29, 1.82) is 0 Å². The van der Waals surface area contributed by atoms with E-state index in [-0.39, 0.29) is 6.47 Å². The molecule has 3 aliphatic heterocycles. The Morgan fingerprint density at radius 2 is 2.22 bits per heavy atom. The van der Waals surface area contributed by atoms with Crippen molar-refractivity contribution in [3.8, 4) is 11.4 Å². The highest BCUT2D eigenvalue weighted by Gasteiger charge is 2.40. The fourth-order valence-corrected chi connectivity index (χ4v) is 4.83. The summed E-state index contributed by atoms with van der Waals surface area (Å²) in [4.78, 5) is 15.4. The lowest BCUT2D eigenvalue weighted by molar-refractivity contribution is -0.122. The number of aryl methyl sites for hydroxylation is 1. The quantitative estimate of drug-likeness (QED) is 0.842. The number of carbonyl (C=O) groups is 1. The Balaban J connectivity index is 0.000000565. The normalized spacial score (nSPS) is 25.7. The van der Waals surface area contributed by atoms with Crippen LogP contribution in [0.25, 0.3) is 11.4 Å². The maximum Gasteiger partial charge on any atom is 0.290 e. The number of rotatable bonds is 3. The largest absolute Gasteiger partial charge is 0.483 e. The number of benzene rings is 1. The SMILES string of the molecule is CN1CCCc2cc(-c3nccn3C[C@@H]3C[C@@H]4CC[C@H]3O4)ccc21.O=CO. The fraction of sp³-hybridized carbons (Fsp3) is 0.524. The molecular weight excluding hydrogens is 342 g/mol. The summed E-state index contributed by atoms with van der Waals surface area (Å²) in [6, 6.07) is 6.85. The van der Waals surface area contributed by atoms with Gasteiger partial charge in [-0.25, -0.2) is 4.98 Å². The van der Waals surface area contributed by atoms with Gasteiger partial charge >= 0.3 is 0 Å². The van der Waals surface area contributed by atoms with Gasteiger partial charge in [-0.1, -0.05) is 0 Å². The van der Waals surface area contributed by atoms with E-state index < -0.39 is 0 Å². The molecule has 2 aromatic rings. The zero-order chi connectivity index (χ0) is 18.8. The first-order chi connectivity index (χ1) is 13.2. The summed E-state index contributed by atoms with van der Waals surface area (Å²) in [5, 5.41) is 6.89. The van der Waals surface area contributed by atoms with E-state index in [4.69, 9.17) is 14.6 Å². The third-order valence-electron chi connectivity index (χ3n) is 6.07. The molecule has 5 rings (SSSR count). The zero-order valence-corrected chi connectivity index (χ0v) is 15.8. The lowest BCUT2D eigenvalue weighted by Crippen LogP contribution is -2.24. The maximum atomic E-state index is 8.36. The number of carboxylic acid groups (broad SMARTS) is 1. The molecule has 0 amide bonds. The highest BCUT2D eigenvalue weighted by molar-refractivity contribution is 5.65. The van der Waals surface area contributed by atoms with Crippen molar-refractivity contribution in [3.63, 3.8) is 0 Å². The van der Waals surface area contributed by atoms with Gasteiger partial charge in [-0.3, -0.25) is 4.79 Å². The van der Waals surface area contributed by atoms with Gasteiger partial charge in [0.1, 0.15) is 5.82 Å². The molecule has 2 saturated heterocycles. The van der Waals surface area contributed by atoms with Crippen molar-refractivity contribution in [2.45, 2.75) is 50.9 Å². The van der Waals surface area contributed by atoms with E-state index in [0.717, 1.165) is 18.9 Å². The number of nitrogens with zero attached hydrogens (tertiary/aromatic N) is 3. The number of aromatic nitrogens is 2. The summed E-state index contributed by atoms with van der Waals surface area (Å²) in [5.41, 5.74) is 4.08. The van der Waals surface area contributed by atoms with Crippen LogP contribution >= 0.6 is 0 Å². The third-order valence-corrected chi connectivity index (χ3v) is 6.07. The highest BCUT2D eigenvalue weighted by Crippen LogP contribution is 2.40. The molecule has 4 heterocycles.